The molecule has 0 saturated carbocycles. The molecule has 0 radical (unpaired) electrons. The lowest BCUT2D eigenvalue weighted by molar-refractivity contribution is 0.809. The predicted molar refractivity (Wildman–Crippen MR) is 117 cm³/mol. The van der Waals surface area contributed by atoms with E-state index in [4.69, 9.17) is 0 Å². The topological polar surface area (TPSA) is 66.6 Å². The summed E-state index contributed by atoms with van der Waals surface area (Å²) in [5, 5.41) is 7.61. The van der Waals surface area contributed by atoms with Crippen LogP contribution in [0.4, 0.5) is 0 Å². The fourth-order valence-electron chi connectivity index (χ4n) is 2.24. The summed E-state index contributed by atoms with van der Waals surface area (Å²) in [5.41, 5.74) is 1.84. The number of aromatic nitrogens is 3. The molecule has 3 rings (SSSR count). The normalized spacial score (nSPS) is 11.4. The number of guanidine groups is 1. The SMILES string of the molecule is CCNC(=NCc1cn2cc(Br)ccc2n1)NCc1ncc(C)s1.I. The number of hydrogen-bond acceptors (Lipinski definition) is 4. The first-order valence-corrected chi connectivity index (χ1v) is 9.31. The van der Waals surface area contributed by atoms with Gasteiger partial charge in [-0.1, -0.05) is 0 Å². The third kappa shape index (κ3) is 5.65. The number of thiazole rings is 1. The van der Waals surface area contributed by atoms with E-state index >= 15 is 0 Å². The van der Waals surface area contributed by atoms with Crippen LogP contribution >= 0.6 is 51.2 Å². The molecule has 3 aromatic rings. The van der Waals surface area contributed by atoms with Gasteiger partial charge in [-0.05, 0) is 41.9 Å². The number of imidazole rings is 1. The third-order valence-electron chi connectivity index (χ3n) is 3.28. The van der Waals surface area contributed by atoms with Gasteiger partial charge in [0, 0.05) is 34.5 Å². The third-order valence-corrected chi connectivity index (χ3v) is 4.67. The summed E-state index contributed by atoms with van der Waals surface area (Å²) in [7, 11) is 0. The predicted octanol–water partition coefficient (Wildman–Crippen LogP) is 3.74. The number of pyridine rings is 1. The summed E-state index contributed by atoms with van der Waals surface area (Å²) in [5.74, 6) is 0.767. The molecule has 2 N–H and O–H groups in total. The Morgan fingerprint density at radius 1 is 1.32 bits per heavy atom. The van der Waals surface area contributed by atoms with Crippen molar-refractivity contribution in [1.29, 1.82) is 0 Å². The molecule has 0 amide bonds. The molecule has 0 atom stereocenters. The van der Waals surface area contributed by atoms with Crippen LogP contribution < -0.4 is 10.6 Å². The van der Waals surface area contributed by atoms with E-state index in [9.17, 15) is 0 Å². The highest BCUT2D eigenvalue weighted by atomic mass is 127. The van der Waals surface area contributed by atoms with Crippen molar-refractivity contribution in [2.24, 2.45) is 4.99 Å². The lowest BCUT2D eigenvalue weighted by atomic mass is 10.5. The number of fused-ring (bicyclic) bond motifs is 1. The zero-order valence-electron chi connectivity index (χ0n) is 14.0. The van der Waals surface area contributed by atoms with Gasteiger partial charge < -0.3 is 15.0 Å². The Bertz CT molecular complexity index is 859. The first kappa shape index (κ1) is 20.1. The second-order valence-corrected chi connectivity index (χ2v) is 7.49. The van der Waals surface area contributed by atoms with Crippen LogP contribution in [0.3, 0.4) is 0 Å². The smallest absolute Gasteiger partial charge is 0.191 e. The van der Waals surface area contributed by atoms with Crippen LogP contribution in [-0.4, -0.2) is 26.9 Å². The molecule has 0 unspecified atom stereocenters. The van der Waals surface area contributed by atoms with Gasteiger partial charge in [0.25, 0.3) is 0 Å². The van der Waals surface area contributed by atoms with Crippen LogP contribution in [0.15, 0.2) is 40.2 Å². The van der Waals surface area contributed by atoms with Crippen LogP contribution in [0.25, 0.3) is 5.65 Å². The molecule has 3 aromatic heterocycles. The van der Waals surface area contributed by atoms with Gasteiger partial charge >= 0.3 is 0 Å². The van der Waals surface area contributed by atoms with E-state index in [1.165, 1.54) is 4.88 Å². The Kier molecular flexibility index (Phi) is 7.63. The van der Waals surface area contributed by atoms with E-state index < -0.39 is 0 Å². The molecule has 3 heterocycles. The van der Waals surface area contributed by atoms with Crippen molar-refractivity contribution in [2.45, 2.75) is 26.9 Å². The first-order valence-electron chi connectivity index (χ1n) is 7.70. The Morgan fingerprint density at radius 3 is 2.88 bits per heavy atom. The zero-order chi connectivity index (χ0) is 16.9. The lowest BCUT2D eigenvalue weighted by Crippen LogP contribution is -2.36. The minimum absolute atomic E-state index is 0. The van der Waals surface area contributed by atoms with Crippen molar-refractivity contribution in [2.75, 3.05) is 6.54 Å². The maximum Gasteiger partial charge on any atom is 0.191 e. The molecule has 0 saturated heterocycles. The van der Waals surface area contributed by atoms with Gasteiger partial charge in [-0.15, -0.1) is 35.3 Å². The fraction of sp³-hybridized carbons (Fsp3) is 0.312. The molecule has 0 aliphatic carbocycles. The van der Waals surface area contributed by atoms with Crippen LogP contribution in [0, 0.1) is 6.92 Å². The Morgan fingerprint density at radius 2 is 2.16 bits per heavy atom. The average molecular weight is 535 g/mol. The van der Waals surface area contributed by atoms with E-state index in [0.29, 0.717) is 13.1 Å². The van der Waals surface area contributed by atoms with Crippen molar-refractivity contribution in [3.63, 3.8) is 0 Å². The number of halogens is 2. The summed E-state index contributed by atoms with van der Waals surface area (Å²) < 4.78 is 3.02. The molecule has 0 aliphatic rings. The summed E-state index contributed by atoms with van der Waals surface area (Å²) in [4.78, 5) is 14.8. The molecule has 134 valence electrons. The fourth-order valence-corrected chi connectivity index (χ4v) is 3.32. The molecule has 6 nitrogen and oxygen atoms in total. The summed E-state index contributed by atoms with van der Waals surface area (Å²) in [6.45, 7) is 6.10. The van der Waals surface area contributed by atoms with Crippen molar-refractivity contribution < 1.29 is 0 Å². The minimum Gasteiger partial charge on any atom is -0.357 e. The second kappa shape index (κ2) is 9.48. The lowest BCUT2D eigenvalue weighted by Gasteiger charge is -2.09. The van der Waals surface area contributed by atoms with Crippen LogP contribution in [-0.2, 0) is 13.1 Å². The first-order chi connectivity index (χ1) is 11.6. The van der Waals surface area contributed by atoms with Crippen LogP contribution in [0.1, 0.15) is 22.5 Å². The molecule has 0 aliphatic heterocycles. The molecule has 0 aromatic carbocycles. The van der Waals surface area contributed by atoms with E-state index in [-0.39, 0.29) is 24.0 Å². The molecule has 0 spiro atoms. The van der Waals surface area contributed by atoms with Crippen LogP contribution in [0.2, 0.25) is 0 Å². The van der Waals surface area contributed by atoms with Crippen molar-refractivity contribution >= 4 is 62.9 Å². The van der Waals surface area contributed by atoms with Crippen molar-refractivity contribution in [1.82, 2.24) is 25.0 Å². The number of rotatable bonds is 5. The maximum atomic E-state index is 4.61. The Labute approximate surface area is 176 Å². The number of nitrogens with zero attached hydrogens (tertiary/aromatic N) is 4. The van der Waals surface area contributed by atoms with Gasteiger partial charge in [-0.25, -0.2) is 15.0 Å². The van der Waals surface area contributed by atoms with Crippen molar-refractivity contribution in [3.05, 3.63) is 50.8 Å². The monoisotopic (exact) mass is 534 g/mol. The van der Waals surface area contributed by atoms with Gasteiger partial charge in [0.1, 0.15) is 10.7 Å². The quantitative estimate of drug-likeness (QED) is 0.297. The highest BCUT2D eigenvalue weighted by Gasteiger charge is 2.04. The van der Waals surface area contributed by atoms with Gasteiger partial charge in [-0.2, -0.15) is 0 Å². The van der Waals surface area contributed by atoms with E-state index in [0.717, 1.165) is 33.3 Å². The molecule has 25 heavy (non-hydrogen) atoms. The van der Waals surface area contributed by atoms with Gasteiger partial charge in [0.15, 0.2) is 5.96 Å². The van der Waals surface area contributed by atoms with Crippen molar-refractivity contribution in [3.8, 4) is 0 Å². The number of aryl methyl sites for hydroxylation is 1. The molecule has 9 heteroatoms. The molecular formula is C16H20BrIN6S. The van der Waals surface area contributed by atoms with Gasteiger partial charge in [0.2, 0.25) is 0 Å². The van der Waals surface area contributed by atoms with E-state index in [1.54, 1.807) is 11.3 Å². The Hall–Kier alpha value is -1.20. The standard InChI is InChI=1S/C16H19BrN6S.HI/c1-3-18-16(21-8-15-19-6-11(2)24-15)20-7-13-10-23-9-12(17)4-5-14(23)22-13;/h4-6,9-10H,3,7-8H2,1-2H3,(H2,18,20,21);1H. The number of aliphatic imine (C=N–C) groups is 1. The molecular weight excluding hydrogens is 515 g/mol. The number of nitrogens with one attached hydrogen (secondary N) is 2. The maximum absolute atomic E-state index is 4.61. The van der Waals surface area contributed by atoms with E-state index in [1.807, 2.05) is 42.0 Å². The van der Waals surface area contributed by atoms with Crippen LogP contribution in [0.5, 0.6) is 0 Å². The summed E-state index contributed by atoms with van der Waals surface area (Å²) >= 11 is 5.16. The molecule has 0 bridgehead atoms. The average Bonchev–Trinajstić information content (AvgIpc) is 3.15. The van der Waals surface area contributed by atoms with Gasteiger partial charge in [0.05, 0.1) is 18.8 Å². The summed E-state index contributed by atoms with van der Waals surface area (Å²) in [6, 6.07) is 3.96. The highest BCUT2D eigenvalue weighted by Crippen LogP contribution is 2.13. The summed E-state index contributed by atoms with van der Waals surface area (Å²) in [6.07, 6.45) is 5.88. The molecule has 0 fully saturated rings. The number of hydrogen-bond donors (Lipinski definition) is 2. The zero-order valence-corrected chi connectivity index (χ0v) is 18.7. The minimum atomic E-state index is 0. The second-order valence-electron chi connectivity index (χ2n) is 5.26. The Balaban J connectivity index is 0.00000225. The van der Waals surface area contributed by atoms with E-state index in [2.05, 4.69) is 48.4 Å². The largest absolute Gasteiger partial charge is 0.357 e. The van der Waals surface area contributed by atoms with Gasteiger partial charge in [-0.3, -0.25) is 0 Å². The highest BCUT2D eigenvalue weighted by molar-refractivity contribution is 14.0.